The third-order valence-corrected chi connectivity index (χ3v) is 5.35. The summed E-state index contributed by atoms with van der Waals surface area (Å²) < 4.78 is 24.2. The molecule has 2 amide bonds. The number of allylic oxidation sites excluding steroid dienone is 1. The van der Waals surface area contributed by atoms with Gasteiger partial charge in [-0.2, -0.15) is 4.98 Å². The molecule has 0 saturated heterocycles. The van der Waals surface area contributed by atoms with Gasteiger partial charge < -0.3 is 14.6 Å². The summed E-state index contributed by atoms with van der Waals surface area (Å²) in [5, 5.41) is 7.16. The van der Waals surface area contributed by atoms with Gasteiger partial charge in [0.05, 0.1) is 18.7 Å². The first-order valence-corrected chi connectivity index (χ1v) is 10.4. The van der Waals surface area contributed by atoms with E-state index < -0.39 is 6.04 Å². The predicted octanol–water partition coefficient (Wildman–Crippen LogP) is 5.04. The van der Waals surface area contributed by atoms with Gasteiger partial charge in [-0.15, -0.1) is 0 Å². The van der Waals surface area contributed by atoms with Gasteiger partial charge >= 0.3 is 6.03 Å². The summed E-state index contributed by atoms with van der Waals surface area (Å²) in [5.74, 6) is 1.30. The number of nitrogens with zero attached hydrogens (tertiary/aromatic N) is 3. The number of amides is 2. The Morgan fingerprint density at radius 2 is 1.84 bits per heavy atom. The van der Waals surface area contributed by atoms with E-state index in [0.717, 1.165) is 22.6 Å². The number of benzene rings is 2. The summed E-state index contributed by atoms with van der Waals surface area (Å²) in [6, 6.07) is 12.7. The average molecular weight is 436 g/mol. The topological polar surface area (TPSA) is 80.5 Å². The van der Waals surface area contributed by atoms with Crippen LogP contribution in [0.25, 0.3) is 17.0 Å². The Morgan fingerprint density at radius 3 is 2.47 bits per heavy atom. The van der Waals surface area contributed by atoms with Gasteiger partial charge in [0.2, 0.25) is 5.82 Å². The van der Waals surface area contributed by atoms with Crippen LogP contribution in [0, 0.1) is 11.7 Å². The van der Waals surface area contributed by atoms with Gasteiger partial charge in [0, 0.05) is 17.8 Å². The molecule has 0 spiro atoms. The number of methoxy groups -OCH3 is 1. The van der Waals surface area contributed by atoms with Crippen molar-refractivity contribution in [1.82, 2.24) is 20.4 Å². The smallest absolute Gasteiger partial charge is 0.322 e. The third kappa shape index (κ3) is 4.21. The Morgan fingerprint density at radius 1 is 1.16 bits per heavy atom. The van der Waals surface area contributed by atoms with Crippen LogP contribution >= 0.6 is 0 Å². The highest BCUT2D eigenvalue weighted by molar-refractivity contribution is 5.86. The van der Waals surface area contributed by atoms with Crippen molar-refractivity contribution in [2.75, 3.05) is 13.7 Å². The van der Waals surface area contributed by atoms with E-state index in [-0.39, 0.29) is 17.8 Å². The van der Waals surface area contributed by atoms with Crippen LogP contribution in [0.3, 0.4) is 0 Å². The molecule has 1 aliphatic rings. The molecule has 3 aromatic rings. The number of nitrogens with one attached hydrogen (secondary N) is 1. The quantitative estimate of drug-likeness (QED) is 0.586. The van der Waals surface area contributed by atoms with E-state index in [2.05, 4.69) is 29.3 Å². The second kappa shape index (κ2) is 8.82. The maximum Gasteiger partial charge on any atom is 0.322 e. The first kappa shape index (κ1) is 21.5. The molecule has 7 nitrogen and oxygen atoms in total. The van der Waals surface area contributed by atoms with Gasteiger partial charge in [0.25, 0.3) is 5.89 Å². The number of carbonyl (C=O) groups excluding carboxylic acids is 1. The van der Waals surface area contributed by atoms with Crippen molar-refractivity contribution in [1.29, 1.82) is 0 Å². The van der Waals surface area contributed by atoms with Crippen LogP contribution in [0.5, 0.6) is 5.75 Å². The largest absolute Gasteiger partial charge is 0.497 e. The average Bonchev–Trinajstić information content (AvgIpc) is 3.26. The lowest BCUT2D eigenvalue weighted by atomic mass is 9.94. The molecule has 0 saturated carbocycles. The normalized spacial score (nSPS) is 16.5. The van der Waals surface area contributed by atoms with Gasteiger partial charge in [0.1, 0.15) is 11.6 Å². The lowest BCUT2D eigenvalue weighted by Crippen LogP contribution is -2.47. The van der Waals surface area contributed by atoms with Crippen LogP contribution in [0.2, 0.25) is 0 Å². The Labute approximate surface area is 185 Å². The summed E-state index contributed by atoms with van der Waals surface area (Å²) in [4.78, 5) is 19.2. The van der Waals surface area contributed by atoms with Crippen molar-refractivity contribution in [3.05, 3.63) is 71.5 Å². The molecule has 166 valence electrons. The maximum atomic E-state index is 13.3. The molecular formula is C24H25FN4O3. The van der Waals surface area contributed by atoms with Gasteiger partial charge in [-0.3, -0.25) is 4.90 Å². The molecule has 1 N–H and O–H groups in total. The number of aromatic nitrogens is 2. The summed E-state index contributed by atoms with van der Waals surface area (Å²) in [5.41, 5.74) is 2.97. The molecule has 1 atom stereocenters. The number of hydrogen-bond donors (Lipinski definition) is 1. The summed E-state index contributed by atoms with van der Waals surface area (Å²) in [6.45, 7) is 6.54. The zero-order chi connectivity index (χ0) is 22.8. The van der Waals surface area contributed by atoms with Gasteiger partial charge in [0.15, 0.2) is 0 Å². The zero-order valence-electron chi connectivity index (χ0n) is 18.4. The molecule has 0 bridgehead atoms. The second-order valence-corrected chi connectivity index (χ2v) is 8.09. The maximum absolute atomic E-state index is 13.3. The Balaban J connectivity index is 1.79. The highest BCUT2D eigenvalue weighted by atomic mass is 19.1. The molecule has 4 rings (SSSR count). The van der Waals surface area contributed by atoms with E-state index in [4.69, 9.17) is 9.26 Å². The minimum Gasteiger partial charge on any atom is -0.497 e. The number of rotatable bonds is 6. The number of hydrogen-bond acceptors (Lipinski definition) is 5. The van der Waals surface area contributed by atoms with E-state index in [1.807, 2.05) is 31.2 Å². The molecule has 1 aromatic heterocycles. The van der Waals surface area contributed by atoms with E-state index in [1.165, 1.54) is 12.1 Å². The van der Waals surface area contributed by atoms with E-state index in [9.17, 15) is 9.18 Å². The second-order valence-electron chi connectivity index (χ2n) is 8.09. The first-order chi connectivity index (χ1) is 15.4. The predicted molar refractivity (Wildman–Crippen MR) is 118 cm³/mol. The van der Waals surface area contributed by atoms with Crippen molar-refractivity contribution in [2.24, 2.45) is 5.92 Å². The van der Waals surface area contributed by atoms with E-state index in [0.29, 0.717) is 23.8 Å². The molecule has 1 aliphatic heterocycles. The molecule has 2 aromatic carbocycles. The van der Waals surface area contributed by atoms with Crippen molar-refractivity contribution in [2.45, 2.75) is 26.8 Å². The molecule has 0 radical (unpaired) electrons. The Kier molecular flexibility index (Phi) is 5.94. The highest BCUT2D eigenvalue weighted by Crippen LogP contribution is 2.38. The standard InChI is InChI=1S/C24H25FN4O3/c1-14(2)13-29-15(3)20(21(26-24(29)30)16-7-11-19(31-4)12-8-16)23-27-22(28-32-23)17-5-9-18(25)10-6-17/h5-12,14,21H,13H2,1-4H3,(H,26,30). The zero-order valence-corrected chi connectivity index (χ0v) is 18.4. The summed E-state index contributed by atoms with van der Waals surface area (Å²) in [7, 11) is 1.60. The SMILES string of the molecule is COc1ccc(C2NC(=O)N(CC(C)C)C(C)=C2c2nc(-c3ccc(F)cc3)no2)cc1. The molecule has 0 fully saturated rings. The highest BCUT2D eigenvalue weighted by Gasteiger charge is 2.35. The monoisotopic (exact) mass is 436 g/mol. The van der Waals surface area contributed by atoms with Crippen molar-refractivity contribution in [3.63, 3.8) is 0 Å². The van der Waals surface area contributed by atoms with Gasteiger partial charge in [-0.05, 0) is 54.8 Å². The molecular weight excluding hydrogens is 411 g/mol. The van der Waals surface area contributed by atoms with Crippen LogP contribution in [0.1, 0.15) is 38.3 Å². The van der Waals surface area contributed by atoms with E-state index in [1.54, 1.807) is 24.1 Å². The van der Waals surface area contributed by atoms with Crippen molar-refractivity contribution >= 4 is 11.6 Å². The first-order valence-electron chi connectivity index (χ1n) is 10.4. The van der Waals surface area contributed by atoms with Crippen LogP contribution in [0.4, 0.5) is 9.18 Å². The summed E-state index contributed by atoms with van der Waals surface area (Å²) >= 11 is 0. The summed E-state index contributed by atoms with van der Waals surface area (Å²) in [6.07, 6.45) is 0. The van der Waals surface area contributed by atoms with Crippen LogP contribution < -0.4 is 10.1 Å². The Hall–Kier alpha value is -3.68. The fourth-order valence-electron chi connectivity index (χ4n) is 3.74. The Bertz CT molecular complexity index is 1140. The number of ether oxygens (including phenoxy) is 1. The lowest BCUT2D eigenvalue weighted by Gasteiger charge is -2.36. The van der Waals surface area contributed by atoms with Crippen LogP contribution in [0.15, 0.2) is 58.8 Å². The van der Waals surface area contributed by atoms with Crippen LogP contribution in [-0.2, 0) is 0 Å². The molecule has 8 heteroatoms. The fraction of sp³-hybridized carbons (Fsp3) is 0.292. The third-order valence-electron chi connectivity index (χ3n) is 5.35. The number of urea groups is 1. The fourth-order valence-corrected chi connectivity index (χ4v) is 3.74. The van der Waals surface area contributed by atoms with Gasteiger partial charge in [-0.25, -0.2) is 9.18 Å². The van der Waals surface area contributed by atoms with Crippen LogP contribution in [-0.4, -0.2) is 34.7 Å². The van der Waals surface area contributed by atoms with Crippen molar-refractivity contribution in [3.8, 4) is 17.1 Å². The van der Waals surface area contributed by atoms with Crippen molar-refractivity contribution < 1.29 is 18.4 Å². The molecule has 1 unspecified atom stereocenters. The minimum absolute atomic E-state index is 0.181. The number of carbonyl (C=O) groups is 1. The number of halogens is 1. The van der Waals surface area contributed by atoms with Gasteiger partial charge in [-0.1, -0.05) is 31.1 Å². The van der Waals surface area contributed by atoms with E-state index >= 15 is 0 Å². The molecule has 32 heavy (non-hydrogen) atoms. The molecule has 0 aliphatic carbocycles. The molecule has 2 heterocycles. The minimum atomic E-state index is -0.474. The lowest BCUT2D eigenvalue weighted by molar-refractivity contribution is 0.199.